The van der Waals surface area contributed by atoms with Crippen molar-refractivity contribution >= 4 is 5.97 Å². The predicted molar refractivity (Wildman–Crippen MR) is 67.9 cm³/mol. The summed E-state index contributed by atoms with van der Waals surface area (Å²) >= 11 is 0. The maximum Gasteiger partial charge on any atom is 0.336 e. The van der Waals surface area contributed by atoms with Crippen LogP contribution in [-0.4, -0.2) is 23.2 Å². The molecular formula is C14H10N2O3. The van der Waals surface area contributed by atoms with Crippen LogP contribution in [0.5, 0.6) is 5.75 Å². The lowest BCUT2D eigenvalue weighted by atomic mass is 9.99. The Morgan fingerprint density at radius 1 is 1.37 bits per heavy atom. The molecular weight excluding hydrogens is 244 g/mol. The smallest absolute Gasteiger partial charge is 0.336 e. The quantitative estimate of drug-likeness (QED) is 0.908. The largest absolute Gasteiger partial charge is 0.496 e. The Morgan fingerprint density at radius 2 is 2.16 bits per heavy atom. The van der Waals surface area contributed by atoms with E-state index in [0.29, 0.717) is 22.4 Å². The summed E-state index contributed by atoms with van der Waals surface area (Å²) < 4.78 is 5.20. The highest BCUT2D eigenvalue weighted by atomic mass is 16.5. The third kappa shape index (κ3) is 2.38. The lowest BCUT2D eigenvalue weighted by Gasteiger charge is -2.10. The van der Waals surface area contributed by atoms with Gasteiger partial charge in [0.25, 0.3) is 0 Å². The summed E-state index contributed by atoms with van der Waals surface area (Å²) in [6.45, 7) is 0. The molecule has 0 aliphatic rings. The molecule has 0 aliphatic carbocycles. The first-order valence-corrected chi connectivity index (χ1v) is 5.43. The summed E-state index contributed by atoms with van der Waals surface area (Å²) in [7, 11) is 1.49. The highest BCUT2D eigenvalue weighted by molar-refractivity contribution is 5.96. The predicted octanol–water partition coefficient (Wildman–Crippen LogP) is 2.33. The van der Waals surface area contributed by atoms with Crippen LogP contribution < -0.4 is 4.74 Å². The minimum atomic E-state index is -1.05. The number of rotatable bonds is 3. The van der Waals surface area contributed by atoms with E-state index in [2.05, 4.69) is 4.98 Å². The van der Waals surface area contributed by atoms with Gasteiger partial charge in [-0.2, -0.15) is 5.26 Å². The summed E-state index contributed by atoms with van der Waals surface area (Å²) in [6.07, 6.45) is 2.86. The van der Waals surface area contributed by atoms with Gasteiger partial charge in [0.2, 0.25) is 0 Å². The van der Waals surface area contributed by atoms with E-state index < -0.39 is 5.97 Å². The number of ether oxygens (including phenoxy) is 1. The molecule has 1 N–H and O–H groups in total. The molecule has 0 radical (unpaired) electrons. The third-order valence-electron chi connectivity index (χ3n) is 2.67. The van der Waals surface area contributed by atoms with E-state index in [-0.39, 0.29) is 5.56 Å². The van der Waals surface area contributed by atoms with E-state index in [4.69, 9.17) is 10.00 Å². The molecule has 0 spiro atoms. The lowest BCUT2D eigenvalue weighted by Crippen LogP contribution is -2.01. The first-order chi connectivity index (χ1) is 9.17. The van der Waals surface area contributed by atoms with Crippen LogP contribution in [0, 0.1) is 11.3 Å². The number of nitriles is 1. The molecule has 0 atom stereocenters. The average molecular weight is 254 g/mol. The fourth-order valence-corrected chi connectivity index (χ4v) is 1.78. The molecule has 1 heterocycles. The summed E-state index contributed by atoms with van der Waals surface area (Å²) in [5.41, 5.74) is 1.50. The van der Waals surface area contributed by atoms with Gasteiger partial charge in [-0.1, -0.05) is 0 Å². The minimum Gasteiger partial charge on any atom is -0.496 e. The van der Waals surface area contributed by atoms with Crippen LogP contribution in [0.25, 0.3) is 11.1 Å². The third-order valence-corrected chi connectivity index (χ3v) is 2.67. The highest BCUT2D eigenvalue weighted by Crippen LogP contribution is 2.32. The van der Waals surface area contributed by atoms with Crippen LogP contribution in [0.4, 0.5) is 0 Å². The van der Waals surface area contributed by atoms with Gasteiger partial charge in [0.1, 0.15) is 5.75 Å². The first kappa shape index (κ1) is 12.6. The van der Waals surface area contributed by atoms with Crippen molar-refractivity contribution < 1.29 is 14.6 Å². The normalized spacial score (nSPS) is 9.68. The van der Waals surface area contributed by atoms with Crippen LogP contribution in [0.1, 0.15) is 15.9 Å². The van der Waals surface area contributed by atoms with Crippen LogP contribution in [0.2, 0.25) is 0 Å². The molecule has 0 fully saturated rings. The molecule has 0 bridgehead atoms. The Kier molecular flexibility index (Phi) is 3.44. The van der Waals surface area contributed by atoms with E-state index in [0.717, 1.165) is 0 Å². The second kappa shape index (κ2) is 5.19. The standard InChI is InChI=1S/C14H10N2O3/c1-19-13-3-2-9(7-15)6-11(13)12-8-16-5-4-10(12)14(17)18/h2-6,8H,1H3,(H,17,18). The number of methoxy groups -OCH3 is 1. The number of nitrogens with zero attached hydrogens (tertiary/aromatic N) is 2. The average Bonchev–Trinajstić information content (AvgIpc) is 2.46. The van der Waals surface area contributed by atoms with Crippen LogP contribution in [0.15, 0.2) is 36.7 Å². The number of carboxylic acids is 1. The van der Waals surface area contributed by atoms with E-state index >= 15 is 0 Å². The van der Waals surface area contributed by atoms with Gasteiger partial charge >= 0.3 is 5.97 Å². The Hall–Kier alpha value is -2.87. The van der Waals surface area contributed by atoms with Gasteiger partial charge in [-0.25, -0.2) is 4.79 Å². The van der Waals surface area contributed by atoms with Crippen LogP contribution >= 0.6 is 0 Å². The fraction of sp³-hybridized carbons (Fsp3) is 0.0714. The van der Waals surface area contributed by atoms with E-state index in [9.17, 15) is 9.90 Å². The minimum absolute atomic E-state index is 0.114. The molecule has 0 amide bonds. The van der Waals surface area contributed by atoms with Crippen molar-refractivity contribution in [3.05, 3.63) is 47.8 Å². The molecule has 2 rings (SSSR count). The number of carboxylic acid groups (broad SMARTS) is 1. The number of hydrogen-bond donors (Lipinski definition) is 1. The molecule has 1 aromatic heterocycles. The molecule has 0 aliphatic heterocycles. The summed E-state index contributed by atoms with van der Waals surface area (Å²) in [4.78, 5) is 15.1. The Labute approximate surface area is 109 Å². The topological polar surface area (TPSA) is 83.2 Å². The zero-order valence-electron chi connectivity index (χ0n) is 10.1. The van der Waals surface area contributed by atoms with Crippen molar-refractivity contribution in [2.24, 2.45) is 0 Å². The van der Waals surface area contributed by atoms with E-state index in [1.807, 2.05) is 6.07 Å². The van der Waals surface area contributed by atoms with Gasteiger partial charge < -0.3 is 9.84 Å². The molecule has 5 nitrogen and oxygen atoms in total. The maximum absolute atomic E-state index is 11.2. The number of pyridine rings is 1. The number of hydrogen-bond acceptors (Lipinski definition) is 4. The molecule has 5 heteroatoms. The van der Waals surface area contributed by atoms with Gasteiger partial charge in [-0.15, -0.1) is 0 Å². The lowest BCUT2D eigenvalue weighted by molar-refractivity contribution is 0.0697. The van der Waals surface area contributed by atoms with Gasteiger partial charge in [-0.05, 0) is 24.3 Å². The molecule has 0 unspecified atom stereocenters. The van der Waals surface area contributed by atoms with Crippen molar-refractivity contribution in [1.82, 2.24) is 4.98 Å². The van der Waals surface area contributed by atoms with E-state index in [1.165, 1.54) is 25.6 Å². The molecule has 2 aromatic rings. The van der Waals surface area contributed by atoms with Gasteiger partial charge in [0.15, 0.2) is 0 Å². The Morgan fingerprint density at radius 3 is 2.79 bits per heavy atom. The van der Waals surface area contributed by atoms with Crippen molar-refractivity contribution in [2.75, 3.05) is 7.11 Å². The zero-order valence-corrected chi connectivity index (χ0v) is 10.1. The Bertz CT molecular complexity index is 675. The molecule has 94 valence electrons. The fourth-order valence-electron chi connectivity index (χ4n) is 1.78. The van der Waals surface area contributed by atoms with E-state index in [1.54, 1.807) is 18.2 Å². The molecule has 1 aromatic carbocycles. The monoisotopic (exact) mass is 254 g/mol. The summed E-state index contributed by atoms with van der Waals surface area (Å²) in [5, 5.41) is 18.1. The number of benzene rings is 1. The number of carbonyl (C=O) groups is 1. The zero-order chi connectivity index (χ0) is 13.8. The number of aromatic carboxylic acids is 1. The van der Waals surface area contributed by atoms with Gasteiger partial charge in [-0.3, -0.25) is 4.98 Å². The molecule has 0 saturated carbocycles. The summed E-state index contributed by atoms with van der Waals surface area (Å²) in [6, 6.07) is 8.25. The summed E-state index contributed by atoms with van der Waals surface area (Å²) in [5.74, 6) is -0.559. The van der Waals surface area contributed by atoms with Crippen molar-refractivity contribution in [1.29, 1.82) is 5.26 Å². The highest BCUT2D eigenvalue weighted by Gasteiger charge is 2.15. The Balaban J connectivity index is 2.71. The van der Waals surface area contributed by atoms with Crippen LogP contribution in [-0.2, 0) is 0 Å². The number of aromatic nitrogens is 1. The van der Waals surface area contributed by atoms with Crippen molar-refractivity contribution in [3.8, 4) is 22.9 Å². The SMILES string of the molecule is COc1ccc(C#N)cc1-c1cnccc1C(=O)O. The van der Waals surface area contributed by atoms with Crippen molar-refractivity contribution in [2.45, 2.75) is 0 Å². The van der Waals surface area contributed by atoms with Gasteiger partial charge in [0, 0.05) is 23.5 Å². The first-order valence-electron chi connectivity index (χ1n) is 5.43. The second-order valence-electron chi connectivity index (χ2n) is 3.75. The van der Waals surface area contributed by atoms with Crippen LogP contribution in [0.3, 0.4) is 0 Å². The maximum atomic E-state index is 11.2. The molecule has 19 heavy (non-hydrogen) atoms. The van der Waals surface area contributed by atoms with Gasteiger partial charge in [0.05, 0.1) is 24.3 Å². The second-order valence-corrected chi connectivity index (χ2v) is 3.75. The molecule has 0 saturated heterocycles. The van der Waals surface area contributed by atoms with Crippen molar-refractivity contribution in [3.63, 3.8) is 0 Å².